The van der Waals surface area contributed by atoms with Crippen LogP contribution in [0.2, 0.25) is 5.02 Å². The monoisotopic (exact) mass is 449 g/mol. The number of amides is 2. The van der Waals surface area contributed by atoms with E-state index in [9.17, 15) is 22.8 Å². The van der Waals surface area contributed by atoms with Gasteiger partial charge in [0, 0.05) is 40.9 Å². The van der Waals surface area contributed by atoms with E-state index < -0.39 is 23.6 Å². The predicted octanol–water partition coefficient (Wildman–Crippen LogP) is 4.55. The Morgan fingerprint density at radius 2 is 1.94 bits per heavy atom. The molecule has 2 amide bonds. The molecule has 31 heavy (non-hydrogen) atoms. The first kappa shape index (κ1) is 21.2. The van der Waals surface area contributed by atoms with Gasteiger partial charge in [0.25, 0.3) is 0 Å². The number of fused-ring (bicyclic) bond motifs is 1. The molecule has 2 heterocycles. The summed E-state index contributed by atoms with van der Waals surface area (Å²) in [6.45, 7) is 0.631. The summed E-state index contributed by atoms with van der Waals surface area (Å²) in [4.78, 5) is 29.7. The number of H-pyrrole nitrogens is 1. The SMILES string of the molecule is O=C(NCCc1c[nH]c2ccc(Cl)cc12)C1CCN(c2ccc(C(F)(F)F)cc2)C1=O. The third kappa shape index (κ3) is 4.39. The molecule has 1 unspecified atom stereocenters. The number of benzene rings is 2. The van der Waals surface area contributed by atoms with Crippen LogP contribution in [0, 0.1) is 5.92 Å². The van der Waals surface area contributed by atoms with E-state index in [-0.39, 0.29) is 12.5 Å². The van der Waals surface area contributed by atoms with Gasteiger partial charge in [0.15, 0.2) is 0 Å². The average Bonchev–Trinajstić information content (AvgIpc) is 3.30. The summed E-state index contributed by atoms with van der Waals surface area (Å²) >= 11 is 6.05. The van der Waals surface area contributed by atoms with E-state index in [1.54, 1.807) is 6.07 Å². The Labute approximate surface area is 181 Å². The zero-order valence-corrected chi connectivity index (χ0v) is 17.1. The lowest BCUT2D eigenvalue weighted by Crippen LogP contribution is -2.37. The topological polar surface area (TPSA) is 65.2 Å². The number of aromatic nitrogens is 1. The van der Waals surface area contributed by atoms with Gasteiger partial charge in [-0.25, -0.2) is 0 Å². The highest BCUT2D eigenvalue weighted by molar-refractivity contribution is 6.31. The van der Waals surface area contributed by atoms with E-state index in [1.807, 2.05) is 18.3 Å². The fourth-order valence-electron chi connectivity index (χ4n) is 3.81. The summed E-state index contributed by atoms with van der Waals surface area (Å²) in [5.41, 5.74) is 1.52. The molecule has 1 atom stereocenters. The minimum absolute atomic E-state index is 0.281. The van der Waals surface area contributed by atoms with Crippen LogP contribution in [0.25, 0.3) is 10.9 Å². The molecule has 1 fully saturated rings. The molecular weight excluding hydrogens is 431 g/mol. The maximum atomic E-state index is 12.7. The molecular formula is C22H19ClF3N3O2. The van der Waals surface area contributed by atoms with Crippen molar-refractivity contribution in [2.75, 3.05) is 18.0 Å². The van der Waals surface area contributed by atoms with Crippen molar-refractivity contribution in [3.05, 3.63) is 64.8 Å². The second kappa shape index (κ2) is 8.26. The molecule has 0 spiro atoms. The van der Waals surface area contributed by atoms with Crippen LogP contribution in [0.15, 0.2) is 48.7 Å². The number of nitrogens with one attached hydrogen (secondary N) is 2. The first-order chi connectivity index (χ1) is 14.7. The van der Waals surface area contributed by atoms with Gasteiger partial charge in [-0.3, -0.25) is 9.59 Å². The van der Waals surface area contributed by atoms with Gasteiger partial charge in [-0.1, -0.05) is 11.6 Å². The number of rotatable bonds is 5. The molecule has 1 aliphatic heterocycles. The highest BCUT2D eigenvalue weighted by atomic mass is 35.5. The highest BCUT2D eigenvalue weighted by Gasteiger charge is 2.38. The van der Waals surface area contributed by atoms with Gasteiger partial charge in [0.05, 0.1) is 5.56 Å². The number of alkyl halides is 3. The van der Waals surface area contributed by atoms with Crippen LogP contribution in [0.4, 0.5) is 18.9 Å². The molecule has 2 aromatic carbocycles. The summed E-state index contributed by atoms with van der Waals surface area (Å²) in [7, 11) is 0. The van der Waals surface area contributed by atoms with Gasteiger partial charge in [0.1, 0.15) is 5.92 Å². The van der Waals surface area contributed by atoms with Gasteiger partial charge in [-0.05, 0) is 60.9 Å². The molecule has 5 nitrogen and oxygen atoms in total. The third-order valence-corrected chi connectivity index (χ3v) is 5.69. The molecule has 1 saturated heterocycles. The maximum Gasteiger partial charge on any atom is 0.416 e. The van der Waals surface area contributed by atoms with E-state index in [1.165, 1.54) is 17.0 Å². The minimum atomic E-state index is -4.44. The van der Waals surface area contributed by atoms with Crippen LogP contribution < -0.4 is 10.2 Å². The zero-order chi connectivity index (χ0) is 22.2. The van der Waals surface area contributed by atoms with Crippen molar-refractivity contribution in [1.29, 1.82) is 0 Å². The second-order valence-corrected chi connectivity index (χ2v) is 7.86. The van der Waals surface area contributed by atoms with Crippen molar-refractivity contribution in [3.63, 3.8) is 0 Å². The third-order valence-electron chi connectivity index (χ3n) is 5.45. The first-order valence-electron chi connectivity index (χ1n) is 9.76. The molecule has 162 valence electrons. The number of hydrogen-bond donors (Lipinski definition) is 2. The lowest BCUT2D eigenvalue weighted by Gasteiger charge is -2.17. The molecule has 0 aliphatic carbocycles. The second-order valence-electron chi connectivity index (χ2n) is 7.42. The highest BCUT2D eigenvalue weighted by Crippen LogP contribution is 2.32. The Morgan fingerprint density at radius 3 is 2.65 bits per heavy atom. The molecule has 9 heteroatoms. The summed E-state index contributed by atoms with van der Waals surface area (Å²) in [5.74, 6) is -1.63. The van der Waals surface area contributed by atoms with Crippen molar-refractivity contribution < 1.29 is 22.8 Å². The lowest BCUT2D eigenvalue weighted by atomic mass is 10.1. The number of carbonyl (C=O) groups excluding carboxylic acids is 2. The Kier molecular flexibility index (Phi) is 5.66. The minimum Gasteiger partial charge on any atom is -0.361 e. The average molecular weight is 450 g/mol. The van der Waals surface area contributed by atoms with E-state index in [0.29, 0.717) is 30.1 Å². The normalized spacial score (nSPS) is 16.8. The fraction of sp³-hybridized carbons (Fsp3) is 0.273. The Balaban J connectivity index is 1.35. The largest absolute Gasteiger partial charge is 0.416 e. The zero-order valence-electron chi connectivity index (χ0n) is 16.3. The van der Waals surface area contributed by atoms with Crippen LogP contribution in [-0.2, 0) is 22.2 Å². The molecule has 0 bridgehead atoms. The van der Waals surface area contributed by atoms with Crippen LogP contribution in [0.3, 0.4) is 0 Å². The summed E-state index contributed by atoms with van der Waals surface area (Å²) < 4.78 is 38.2. The van der Waals surface area contributed by atoms with Crippen LogP contribution >= 0.6 is 11.6 Å². The Hall–Kier alpha value is -3.00. The van der Waals surface area contributed by atoms with Crippen LogP contribution in [-0.4, -0.2) is 29.9 Å². The van der Waals surface area contributed by atoms with Gasteiger partial charge in [-0.15, -0.1) is 0 Å². The van der Waals surface area contributed by atoms with Crippen molar-refractivity contribution in [3.8, 4) is 0 Å². The number of carbonyl (C=O) groups is 2. The molecule has 4 rings (SSSR count). The van der Waals surface area contributed by atoms with Gasteiger partial charge < -0.3 is 15.2 Å². The Morgan fingerprint density at radius 1 is 1.19 bits per heavy atom. The van der Waals surface area contributed by atoms with E-state index >= 15 is 0 Å². The quantitative estimate of drug-likeness (QED) is 0.561. The van der Waals surface area contributed by atoms with Crippen LogP contribution in [0.5, 0.6) is 0 Å². The number of nitrogens with zero attached hydrogens (tertiary/aromatic N) is 1. The van der Waals surface area contributed by atoms with E-state index in [0.717, 1.165) is 28.6 Å². The molecule has 1 aromatic heterocycles. The Bertz CT molecular complexity index is 1130. The van der Waals surface area contributed by atoms with Gasteiger partial charge in [-0.2, -0.15) is 13.2 Å². The van der Waals surface area contributed by atoms with Crippen LogP contribution in [0.1, 0.15) is 17.5 Å². The molecule has 0 saturated carbocycles. The summed E-state index contributed by atoms with van der Waals surface area (Å²) in [5, 5.41) is 4.39. The standard InChI is InChI=1S/C22H19ClF3N3O2/c23-15-3-6-19-18(11-15)13(12-28-19)7-9-27-20(30)17-8-10-29(21(17)31)16-4-1-14(2-5-16)22(24,25)26/h1-6,11-12,17,28H,7-10H2,(H,27,30). The molecule has 3 aromatic rings. The molecule has 1 aliphatic rings. The summed E-state index contributed by atoms with van der Waals surface area (Å²) in [6.07, 6.45) is -1.70. The lowest BCUT2D eigenvalue weighted by molar-refractivity contribution is -0.137. The van der Waals surface area contributed by atoms with Crippen molar-refractivity contribution >= 4 is 40.0 Å². The number of aromatic amines is 1. The van der Waals surface area contributed by atoms with Gasteiger partial charge in [0.2, 0.25) is 11.8 Å². The molecule has 0 radical (unpaired) electrons. The van der Waals surface area contributed by atoms with E-state index in [4.69, 9.17) is 11.6 Å². The number of hydrogen-bond acceptors (Lipinski definition) is 2. The van der Waals surface area contributed by atoms with Crippen molar-refractivity contribution in [2.45, 2.75) is 19.0 Å². The van der Waals surface area contributed by atoms with Crippen molar-refractivity contribution in [1.82, 2.24) is 10.3 Å². The molecule has 2 N–H and O–H groups in total. The van der Waals surface area contributed by atoms with Gasteiger partial charge >= 0.3 is 6.18 Å². The smallest absolute Gasteiger partial charge is 0.361 e. The van der Waals surface area contributed by atoms with E-state index in [2.05, 4.69) is 10.3 Å². The first-order valence-corrected chi connectivity index (χ1v) is 10.1. The maximum absolute atomic E-state index is 12.7. The number of halogens is 4. The fourth-order valence-corrected chi connectivity index (χ4v) is 3.98. The number of anilines is 1. The van der Waals surface area contributed by atoms with Crippen molar-refractivity contribution in [2.24, 2.45) is 5.92 Å². The summed E-state index contributed by atoms with van der Waals surface area (Å²) in [6, 6.07) is 9.90. The predicted molar refractivity (Wildman–Crippen MR) is 112 cm³/mol.